The molecule has 0 amide bonds. The molecule has 0 fully saturated rings. The van der Waals surface area contributed by atoms with Gasteiger partial charge in [0, 0.05) is 23.4 Å². The van der Waals surface area contributed by atoms with Gasteiger partial charge in [-0.05, 0) is 6.92 Å². The Hall–Kier alpha value is -1.96. The van der Waals surface area contributed by atoms with Gasteiger partial charge in [0.05, 0.1) is 4.92 Å². The Morgan fingerprint density at radius 3 is 2.63 bits per heavy atom. The summed E-state index contributed by atoms with van der Waals surface area (Å²) in [7, 11) is -3.45. The molecule has 19 heavy (non-hydrogen) atoms. The fourth-order valence-corrected chi connectivity index (χ4v) is 2.60. The highest BCUT2D eigenvalue weighted by Gasteiger charge is 2.26. The predicted molar refractivity (Wildman–Crippen MR) is 70.3 cm³/mol. The molecule has 1 aromatic rings. The Morgan fingerprint density at radius 2 is 2.16 bits per heavy atom. The minimum atomic E-state index is -3.45. The van der Waals surface area contributed by atoms with Crippen LogP contribution in [0.15, 0.2) is 29.4 Å². The van der Waals surface area contributed by atoms with E-state index in [0.717, 1.165) is 0 Å². The van der Waals surface area contributed by atoms with Gasteiger partial charge in [-0.2, -0.15) is 0 Å². The quantitative estimate of drug-likeness (QED) is 0.382. The molecule has 1 aromatic carbocycles. The lowest BCUT2D eigenvalue weighted by Crippen LogP contribution is -2.29. The molecule has 0 aliphatic rings. The Morgan fingerprint density at radius 1 is 1.53 bits per heavy atom. The summed E-state index contributed by atoms with van der Waals surface area (Å²) in [6, 6.07) is 5.32. The summed E-state index contributed by atoms with van der Waals surface area (Å²) in [5.41, 5.74) is -0.0912. The lowest BCUT2D eigenvalue weighted by molar-refractivity contribution is -0.384. The molecule has 104 valence electrons. The second kappa shape index (κ2) is 5.79. The van der Waals surface area contributed by atoms with Crippen molar-refractivity contribution in [2.75, 3.05) is 5.75 Å². The van der Waals surface area contributed by atoms with Crippen molar-refractivity contribution >= 4 is 21.2 Å². The van der Waals surface area contributed by atoms with Gasteiger partial charge in [-0.1, -0.05) is 24.2 Å². The van der Waals surface area contributed by atoms with E-state index in [2.05, 4.69) is 5.16 Å². The summed E-state index contributed by atoms with van der Waals surface area (Å²) >= 11 is 0. The van der Waals surface area contributed by atoms with E-state index in [4.69, 9.17) is 5.21 Å². The Kier molecular flexibility index (Phi) is 4.60. The monoisotopic (exact) mass is 286 g/mol. The van der Waals surface area contributed by atoms with Crippen molar-refractivity contribution in [2.24, 2.45) is 5.16 Å². The lowest BCUT2D eigenvalue weighted by atomic mass is 10.1. The Balaban J connectivity index is 3.26. The summed E-state index contributed by atoms with van der Waals surface area (Å²) in [6.07, 6.45) is 0. The SMILES string of the molecule is CCS(=O)(=O)[C@@H](C)/C(=N\O)c1cccc([N+](=O)[O-])c1. The highest BCUT2D eigenvalue weighted by atomic mass is 32.2. The zero-order valence-corrected chi connectivity index (χ0v) is 11.3. The second-order valence-electron chi connectivity index (χ2n) is 3.89. The number of hydrogen-bond donors (Lipinski definition) is 1. The molecule has 1 atom stereocenters. The molecule has 0 saturated carbocycles. The number of oxime groups is 1. The Labute approximate surface area is 110 Å². The third-order valence-electron chi connectivity index (χ3n) is 2.79. The molecule has 0 saturated heterocycles. The van der Waals surface area contributed by atoms with Crippen LogP contribution in [-0.2, 0) is 9.84 Å². The molecule has 8 heteroatoms. The molecule has 0 aliphatic carbocycles. The molecule has 0 unspecified atom stereocenters. The van der Waals surface area contributed by atoms with Gasteiger partial charge in [-0.3, -0.25) is 10.1 Å². The summed E-state index contributed by atoms with van der Waals surface area (Å²) in [6.45, 7) is 2.86. The number of nitrogens with zero attached hydrogens (tertiary/aromatic N) is 2. The first-order chi connectivity index (χ1) is 8.83. The minimum absolute atomic E-state index is 0.106. The van der Waals surface area contributed by atoms with Gasteiger partial charge in [0.2, 0.25) is 0 Å². The van der Waals surface area contributed by atoms with Gasteiger partial charge < -0.3 is 5.21 Å². The van der Waals surface area contributed by atoms with Gasteiger partial charge in [0.1, 0.15) is 11.0 Å². The first-order valence-corrected chi connectivity index (χ1v) is 7.23. The lowest BCUT2D eigenvalue weighted by Gasteiger charge is -2.13. The van der Waals surface area contributed by atoms with E-state index in [-0.39, 0.29) is 22.7 Å². The number of benzene rings is 1. The topological polar surface area (TPSA) is 110 Å². The molecule has 0 heterocycles. The maximum atomic E-state index is 11.8. The maximum Gasteiger partial charge on any atom is 0.270 e. The third-order valence-corrected chi connectivity index (χ3v) is 4.89. The van der Waals surface area contributed by atoms with Crippen LogP contribution in [0.5, 0.6) is 0 Å². The van der Waals surface area contributed by atoms with E-state index in [1.807, 2.05) is 0 Å². The summed E-state index contributed by atoms with van der Waals surface area (Å²) in [5, 5.41) is 21.6. The van der Waals surface area contributed by atoms with Crippen LogP contribution in [0.2, 0.25) is 0 Å². The predicted octanol–water partition coefficient (Wildman–Crippen LogP) is 1.60. The molecule has 7 nitrogen and oxygen atoms in total. The van der Waals surface area contributed by atoms with Crippen LogP contribution in [0.3, 0.4) is 0 Å². The van der Waals surface area contributed by atoms with Crippen LogP contribution < -0.4 is 0 Å². The third kappa shape index (κ3) is 3.28. The number of rotatable bonds is 5. The van der Waals surface area contributed by atoms with Crippen molar-refractivity contribution in [3.63, 3.8) is 0 Å². The number of hydrogen-bond acceptors (Lipinski definition) is 6. The molecule has 1 N–H and O–H groups in total. The fourth-order valence-electron chi connectivity index (χ4n) is 1.57. The number of sulfone groups is 1. The number of nitro groups is 1. The van der Waals surface area contributed by atoms with E-state index in [9.17, 15) is 18.5 Å². The minimum Gasteiger partial charge on any atom is -0.411 e. The van der Waals surface area contributed by atoms with E-state index < -0.39 is 20.0 Å². The van der Waals surface area contributed by atoms with Crippen LogP contribution >= 0.6 is 0 Å². The van der Waals surface area contributed by atoms with Gasteiger partial charge in [-0.15, -0.1) is 0 Å². The molecule has 0 bridgehead atoms. The van der Waals surface area contributed by atoms with E-state index in [1.165, 1.54) is 38.1 Å². The van der Waals surface area contributed by atoms with Gasteiger partial charge >= 0.3 is 0 Å². The molecule has 0 aromatic heterocycles. The number of nitro benzene ring substituents is 1. The molecular formula is C11H14N2O5S. The van der Waals surface area contributed by atoms with E-state index in [0.29, 0.717) is 0 Å². The second-order valence-corrected chi connectivity index (χ2v) is 6.50. The zero-order valence-electron chi connectivity index (χ0n) is 10.5. The molecule has 1 rings (SSSR count). The van der Waals surface area contributed by atoms with Crippen molar-refractivity contribution < 1.29 is 18.5 Å². The van der Waals surface area contributed by atoms with Crippen LogP contribution in [0.1, 0.15) is 19.4 Å². The molecule has 0 spiro atoms. The largest absolute Gasteiger partial charge is 0.411 e. The van der Waals surface area contributed by atoms with Crippen LogP contribution in [0.25, 0.3) is 0 Å². The van der Waals surface area contributed by atoms with Crippen molar-refractivity contribution in [2.45, 2.75) is 19.1 Å². The highest BCUT2D eigenvalue weighted by molar-refractivity contribution is 7.92. The van der Waals surface area contributed by atoms with Crippen LogP contribution in [0.4, 0.5) is 5.69 Å². The van der Waals surface area contributed by atoms with Crippen molar-refractivity contribution in [1.82, 2.24) is 0 Å². The fraction of sp³-hybridized carbons (Fsp3) is 0.364. The smallest absolute Gasteiger partial charge is 0.270 e. The highest BCUT2D eigenvalue weighted by Crippen LogP contribution is 2.17. The van der Waals surface area contributed by atoms with Crippen molar-refractivity contribution in [1.29, 1.82) is 0 Å². The van der Waals surface area contributed by atoms with Gasteiger partial charge in [-0.25, -0.2) is 8.42 Å². The van der Waals surface area contributed by atoms with Crippen LogP contribution in [-0.4, -0.2) is 35.3 Å². The summed E-state index contributed by atoms with van der Waals surface area (Å²) < 4.78 is 23.5. The molecule has 0 aliphatic heterocycles. The van der Waals surface area contributed by atoms with E-state index >= 15 is 0 Å². The summed E-state index contributed by atoms with van der Waals surface area (Å²) in [5.74, 6) is -0.109. The number of non-ortho nitro benzene ring substituents is 1. The van der Waals surface area contributed by atoms with Crippen LogP contribution in [0, 0.1) is 10.1 Å². The first kappa shape index (κ1) is 15.1. The van der Waals surface area contributed by atoms with Gasteiger partial charge in [0.25, 0.3) is 5.69 Å². The first-order valence-electron chi connectivity index (χ1n) is 5.51. The Bertz CT molecular complexity index is 609. The average molecular weight is 286 g/mol. The van der Waals surface area contributed by atoms with Crippen molar-refractivity contribution in [3.05, 3.63) is 39.9 Å². The molecule has 0 radical (unpaired) electrons. The van der Waals surface area contributed by atoms with E-state index in [1.54, 1.807) is 0 Å². The normalized spacial score (nSPS) is 14.1. The average Bonchev–Trinajstić information content (AvgIpc) is 2.39. The summed E-state index contributed by atoms with van der Waals surface area (Å²) in [4.78, 5) is 10.1. The van der Waals surface area contributed by atoms with Gasteiger partial charge in [0.15, 0.2) is 9.84 Å². The standard InChI is InChI=1S/C11H14N2O5S/c1-3-19(17,18)8(2)11(12-14)9-5-4-6-10(7-9)13(15)16/h4-8,14H,3H2,1-2H3/b12-11+/t8-/m0/s1. The van der Waals surface area contributed by atoms with Crippen molar-refractivity contribution in [3.8, 4) is 0 Å². The molecular weight excluding hydrogens is 272 g/mol. The zero-order chi connectivity index (χ0) is 14.6. The maximum absolute atomic E-state index is 11.8.